The lowest BCUT2D eigenvalue weighted by atomic mass is 9.96. The van der Waals surface area contributed by atoms with Gasteiger partial charge in [-0.1, -0.05) is 80.6 Å². The Morgan fingerprint density at radius 1 is 0.952 bits per heavy atom. The molecule has 0 spiro atoms. The first kappa shape index (κ1) is 32.9. The molecule has 3 N–H and O–H groups in total. The maximum absolute atomic E-state index is 14.3. The second-order valence-electron chi connectivity index (χ2n) is 10.6. The molecular weight excluding hydrogens is 563 g/mol. The van der Waals surface area contributed by atoms with E-state index in [0.717, 1.165) is 48.6 Å². The number of anilines is 1. The van der Waals surface area contributed by atoms with E-state index in [2.05, 4.69) is 20.9 Å². The van der Waals surface area contributed by atoms with Gasteiger partial charge in [0.25, 0.3) is 0 Å². The Morgan fingerprint density at radius 2 is 1.52 bits per heavy atom. The van der Waals surface area contributed by atoms with Gasteiger partial charge in [-0.3, -0.25) is 10.1 Å². The summed E-state index contributed by atoms with van der Waals surface area (Å²) >= 11 is 0. The number of halogens is 4. The summed E-state index contributed by atoms with van der Waals surface area (Å²) in [6.45, 7) is 7.08. The van der Waals surface area contributed by atoms with Gasteiger partial charge in [0.05, 0.1) is 12.1 Å². The smallest absolute Gasteiger partial charge is 0.369 e. The predicted octanol–water partition coefficient (Wildman–Crippen LogP) is 5.65. The fraction of sp³-hybridized carbons (Fsp3) is 0.375. The lowest BCUT2D eigenvalue weighted by Crippen LogP contribution is -2.53. The number of hydrogen-bond acceptors (Lipinski definition) is 5. The highest BCUT2D eigenvalue weighted by molar-refractivity contribution is 5.85. The molecule has 1 saturated heterocycles. The maximum Gasteiger partial charge on any atom is 0.407 e. The van der Waals surface area contributed by atoms with E-state index in [0.29, 0.717) is 0 Å². The Kier molecular flexibility index (Phi) is 11.8. The molecule has 42 heavy (non-hydrogen) atoms. The molecular formula is C32H37ClF3N5O. The van der Waals surface area contributed by atoms with Gasteiger partial charge in [-0.25, -0.2) is 0 Å². The zero-order chi connectivity index (χ0) is 29.4. The molecule has 0 saturated carbocycles. The van der Waals surface area contributed by atoms with Crippen molar-refractivity contribution in [1.29, 1.82) is 5.26 Å². The predicted molar refractivity (Wildman–Crippen MR) is 162 cm³/mol. The summed E-state index contributed by atoms with van der Waals surface area (Å²) in [5.74, 6) is -1.10. The number of piperazine rings is 1. The van der Waals surface area contributed by atoms with E-state index in [1.807, 2.05) is 60.7 Å². The van der Waals surface area contributed by atoms with Crippen molar-refractivity contribution in [3.63, 3.8) is 0 Å². The lowest BCUT2D eigenvalue weighted by molar-refractivity contribution is -0.161. The topological polar surface area (TPSA) is 80.2 Å². The average molecular weight is 600 g/mol. The average Bonchev–Trinajstić information content (AvgIpc) is 2.97. The van der Waals surface area contributed by atoms with E-state index in [1.165, 1.54) is 12.1 Å². The van der Waals surface area contributed by atoms with Crippen molar-refractivity contribution >= 4 is 24.0 Å². The van der Waals surface area contributed by atoms with E-state index < -0.39 is 36.1 Å². The molecule has 10 heteroatoms. The second-order valence-corrected chi connectivity index (χ2v) is 10.6. The van der Waals surface area contributed by atoms with E-state index in [1.54, 1.807) is 26.0 Å². The Balaban J connectivity index is 0.00000484. The fourth-order valence-electron chi connectivity index (χ4n) is 5.03. The highest BCUT2D eigenvalue weighted by atomic mass is 35.5. The number of alkyl halides is 3. The van der Waals surface area contributed by atoms with Crippen LogP contribution in [0.2, 0.25) is 0 Å². The van der Waals surface area contributed by atoms with Crippen molar-refractivity contribution in [2.45, 2.75) is 44.6 Å². The van der Waals surface area contributed by atoms with Crippen LogP contribution in [0, 0.1) is 17.2 Å². The molecule has 0 bridgehead atoms. The number of rotatable bonds is 10. The zero-order valence-electron chi connectivity index (χ0n) is 23.7. The molecule has 3 aromatic carbocycles. The van der Waals surface area contributed by atoms with Crippen LogP contribution in [-0.4, -0.2) is 50.3 Å². The number of nitriles is 1. The molecule has 6 nitrogen and oxygen atoms in total. The number of nitrogens with one attached hydrogen (secondary N) is 3. The first-order valence-corrected chi connectivity index (χ1v) is 13.9. The van der Waals surface area contributed by atoms with Crippen LogP contribution in [0.15, 0.2) is 78.9 Å². The summed E-state index contributed by atoms with van der Waals surface area (Å²) in [7, 11) is 0. The molecule has 0 aliphatic carbocycles. The number of hydrogen-bond donors (Lipinski definition) is 3. The van der Waals surface area contributed by atoms with Crippen molar-refractivity contribution in [3.8, 4) is 17.2 Å². The first-order chi connectivity index (χ1) is 19.7. The molecule has 3 aromatic rings. The van der Waals surface area contributed by atoms with Crippen LogP contribution in [0.4, 0.5) is 18.9 Å². The highest BCUT2D eigenvalue weighted by Gasteiger charge is 2.43. The molecule has 224 valence electrons. The maximum atomic E-state index is 14.3. The van der Waals surface area contributed by atoms with Gasteiger partial charge in [-0.15, -0.1) is 12.4 Å². The first-order valence-electron chi connectivity index (χ1n) is 13.9. The summed E-state index contributed by atoms with van der Waals surface area (Å²) in [4.78, 5) is 15.4. The van der Waals surface area contributed by atoms with E-state index >= 15 is 0 Å². The van der Waals surface area contributed by atoms with Crippen molar-refractivity contribution in [2.24, 2.45) is 5.92 Å². The summed E-state index contributed by atoms with van der Waals surface area (Å²) in [6, 6.07) is 21.4. The molecule has 1 aliphatic heterocycles. The Hall–Kier alpha value is -3.58. The van der Waals surface area contributed by atoms with Crippen molar-refractivity contribution < 1.29 is 18.0 Å². The number of benzene rings is 3. The van der Waals surface area contributed by atoms with Crippen LogP contribution in [0.25, 0.3) is 11.1 Å². The number of amides is 1. The van der Waals surface area contributed by atoms with Gasteiger partial charge in [0.2, 0.25) is 5.91 Å². The Bertz CT molecular complexity index is 1310. The Labute approximate surface area is 251 Å². The SMILES string of the molecule is CC(C)[C@H](N[C@@H](c1ccc(-c2ccc(N3CCNCC3)cc2)cc1)C(F)(F)F)C(=O)N[C@H](C#N)Cc1ccccc1.Cl. The molecule has 1 heterocycles. The largest absolute Gasteiger partial charge is 0.407 e. The van der Waals surface area contributed by atoms with Crippen LogP contribution >= 0.6 is 12.4 Å². The third kappa shape index (κ3) is 8.71. The zero-order valence-corrected chi connectivity index (χ0v) is 24.5. The third-order valence-electron chi connectivity index (χ3n) is 7.30. The third-order valence-corrected chi connectivity index (χ3v) is 7.30. The monoisotopic (exact) mass is 599 g/mol. The van der Waals surface area contributed by atoms with E-state index in [4.69, 9.17) is 0 Å². The van der Waals surface area contributed by atoms with Gasteiger partial charge >= 0.3 is 6.18 Å². The van der Waals surface area contributed by atoms with Crippen molar-refractivity contribution in [2.75, 3.05) is 31.1 Å². The minimum Gasteiger partial charge on any atom is -0.369 e. The molecule has 1 amide bonds. The van der Waals surface area contributed by atoms with Gasteiger partial charge in [0.1, 0.15) is 12.1 Å². The number of carbonyl (C=O) groups is 1. The summed E-state index contributed by atoms with van der Waals surface area (Å²) in [6.07, 6.45) is -4.38. The Morgan fingerprint density at radius 3 is 2.05 bits per heavy atom. The molecule has 0 radical (unpaired) electrons. The van der Waals surface area contributed by atoms with Gasteiger partial charge in [-0.05, 0) is 40.3 Å². The van der Waals surface area contributed by atoms with Gasteiger partial charge < -0.3 is 15.5 Å². The molecule has 3 atom stereocenters. The molecule has 1 fully saturated rings. The molecule has 4 rings (SSSR count). The summed E-state index contributed by atoms with van der Waals surface area (Å²) in [5.41, 5.74) is 3.69. The molecule has 0 aromatic heterocycles. The summed E-state index contributed by atoms with van der Waals surface area (Å²) < 4.78 is 42.9. The summed E-state index contributed by atoms with van der Waals surface area (Å²) in [5, 5.41) is 18.1. The van der Waals surface area contributed by atoms with Crippen LogP contribution in [0.1, 0.15) is 31.0 Å². The normalized spacial score (nSPS) is 15.7. The van der Waals surface area contributed by atoms with Gasteiger partial charge in [-0.2, -0.15) is 18.4 Å². The fourth-order valence-corrected chi connectivity index (χ4v) is 5.03. The van der Waals surface area contributed by atoms with Crippen molar-refractivity contribution in [1.82, 2.24) is 16.0 Å². The minimum atomic E-state index is -4.64. The van der Waals surface area contributed by atoms with Gasteiger partial charge in [0.15, 0.2) is 0 Å². The van der Waals surface area contributed by atoms with Crippen LogP contribution < -0.4 is 20.9 Å². The second kappa shape index (κ2) is 15.1. The van der Waals surface area contributed by atoms with Crippen LogP contribution in [0.3, 0.4) is 0 Å². The molecule has 1 aliphatic rings. The quantitative estimate of drug-likeness (QED) is 0.281. The van der Waals surface area contributed by atoms with Crippen LogP contribution in [-0.2, 0) is 11.2 Å². The van der Waals surface area contributed by atoms with Gasteiger partial charge in [0, 0.05) is 38.3 Å². The minimum absolute atomic E-state index is 0. The van der Waals surface area contributed by atoms with E-state index in [-0.39, 0.29) is 24.4 Å². The highest BCUT2D eigenvalue weighted by Crippen LogP contribution is 2.35. The standard InChI is InChI=1S/C32H36F3N5O.ClH/c1-22(2)29(31(41)38-27(21-36)20-23-6-4-3-5-7-23)39-30(32(33,34)35)26-10-8-24(9-11-26)25-12-14-28(15-13-25)40-18-16-37-17-19-40;/h3-15,22,27,29-30,37,39H,16-20H2,1-2H3,(H,38,41);1H/t27-,29-,30-;/m0./s1. The number of carbonyl (C=O) groups excluding carboxylic acids is 1. The molecule has 0 unspecified atom stereocenters. The lowest BCUT2D eigenvalue weighted by Gasteiger charge is -2.30. The van der Waals surface area contributed by atoms with E-state index in [9.17, 15) is 23.2 Å². The number of nitrogens with zero attached hydrogens (tertiary/aromatic N) is 2. The van der Waals surface area contributed by atoms with Crippen LogP contribution in [0.5, 0.6) is 0 Å². The van der Waals surface area contributed by atoms with Crippen molar-refractivity contribution in [3.05, 3.63) is 90.0 Å².